The summed E-state index contributed by atoms with van der Waals surface area (Å²) in [4.78, 5) is 15.3. The summed E-state index contributed by atoms with van der Waals surface area (Å²) < 4.78 is 6.00. The minimum Gasteiger partial charge on any atom is -0.481 e. The summed E-state index contributed by atoms with van der Waals surface area (Å²) in [6, 6.07) is 16.5. The number of ether oxygens (including phenoxy) is 1. The number of hydrogen-bond donors (Lipinski definition) is 1. The highest BCUT2D eigenvalue weighted by atomic mass is 16.5. The predicted molar refractivity (Wildman–Crippen MR) is 123 cm³/mol. The Morgan fingerprint density at radius 2 is 1.67 bits per heavy atom. The lowest BCUT2D eigenvalue weighted by Crippen LogP contribution is -2.37. The molecule has 1 amide bonds. The number of carbonyl (C=O) groups is 1. The van der Waals surface area contributed by atoms with E-state index in [0.29, 0.717) is 13.0 Å². The first-order chi connectivity index (χ1) is 14.4. The van der Waals surface area contributed by atoms with Gasteiger partial charge in [0.1, 0.15) is 5.75 Å². The first kappa shape index (κ1) is 22.4. The molecule has 162 valence electrons. The molecule has 2 aromatic carbocycles. The van der Waals surface area contributed by atoms with Crippen LogP contribution in [0.3, 0.4) is 0 Å². The van der Waals surface area contributed by atoms with Gasteiger partial charge in [-0.3, -0.25) is 9.69 Å². The standard InChI is InChI=1S/C26H36N2O2/c1-5-24(30-23-14-12-22(13-15-23)26(2,3)4)25(29)27-18-20-10-6-7-11-21(20)19-28-16-8-9-17-28/h6-7,10-15,24H,5,8-9,16-19H2,1-4H3,(H,27,29)/t24-/m1/s1. The highest BCUT2D eigenvalue weighted by Crippen LogP contribution is 2.25. The van der Waals surface area contributed by atoms with Crippen LogP contribution in [-0.2, 0) is 23.3 Å². The van der Waals surface area contributed by atoms with Crippen molar-refractivity contribution < 1.29 is 9.53 Å². The van der Waals surface area contributed by atoms with Gasteiger partial charge >= 0.3 is 0 Å². The second-order valence-electron chi connectivity index (χ2n) is 9.26. The molecule has 0 bridgehead atoms. The average molecular weight is 409 g/mol. The Morgan fingerprint density at radius 3 is 2.27 bits per heavy atom. The highest BCUT2D eigenvalue weighted by molar-refractivity contribution is 5.81. The molecule has 1 aliphatic heterocycles. The summed E-state index contributed by atoms with van der Waals surface area (Å²) in [6.45, 7) is 12.4. The number of nitrogens with zero attached hydrogens (tertiary/aromatic N) is 1. The van der Waals surface area contributed by atoms with Crippen molar-refractivity contribution in [2.45, 2.75) is 71.6 Å². The maximum absolute atomic E-state index is 12.8. The van der Waals surface area contributed by atoms with Crippen LogP contribution in [0, 0.1) is 0 Å². The second-order valence-corrected chi connectivity index (χ2v) is 9.26. The molecule has 0 unspecified atom stereocenters. The fourth-order valence-corrected chi connectivity index (χ4v) is 3.88. The minimum absolute atomic E-state index is 0.0617. The van der Waals surface area contributed by atoms with Crippen molar-refractivity contribution in [2.75, 3.05) is 13.1 Å². The molecule has 1 saturated heterocycles. The van der Waals surface area contributed by atoms with Crippen molar-refractivity contribution in [3.63, 3.8) is 0 Å². The van der Waals surface area contributed by atoms with Gasteiger partial charge in [-0.1, -0.05) is 64.1 Å². The molecule has 1 aliphatic rings. The van der Waals surface area contributed by atoms with Gasteiger partial charge in [0.2, 0.25) is 0 Å². The molecule has 0 radical (unpaired) electrons. The van der Waals surface area contributed by atoms with E-state index >= 15 is 0 Å². The maximum Gasteiger partial charge on any atom is 0.261 e. The molecular weight excluding hydrogens is 372 g/mol. The normalized spacial score (nSPS) is 15.7. The Kier molecular flexibility index (Phi) is 7.54. The van der Waals surface area contributed by atoms with Gasteiger partial charge < -0.3 is 10.1 Å². The fraction of sp³-hybridized carbons (Fsp3) is 0.500. The number of likely N-dealkylation sites (tertiary alicyclic amines) is 1. The molecule has 0 spiro atoms. The van der Waals surface area contributed by atoms with Crippen LogP contribution in [0.15, 0.2) is 48.5 Å². The van der Waals surface area contributed by atoms with Crippen molar-refractivity contribution in [1.82, 2.24) is 10.2 Å². The quantitative estimate of drug-likeness (QED) is 0.664. The fourth-order valence-electron chi connectivity index (χ4n) is 3.88. The van der Waals surface area contributed by atoms with Crippen molar-refractivity contribution >= 4 is 5.91 Å². The van der Waals surface area contributed by atoms with E-state index in [0.717, 1.165) is 12.3 Å². The Balaban J connectivity index is 1.58. The van der Waals surface area contributed by atoms with Crippen LogP contribution in [-0.4, -0.2) is 30.0 Å². The van der Waals surface area contributed by atoms with E-state index in [1.54, 1.807) is 0 Å². The third-order valence-electron chi connectivity index (χ3n) is 5.83. The SMILES string of the molecule is CC[C@@H](Oc1ccc(C(C)(C)C)cc1)C(=O)NCc1ccccc1CN1CCCC1. The van der Waals surface area contributed by atoms with Crippen molar-refractivity contribution in [3.8, 4) is 5.75 Å². The first-order valence-electron chi connectivity index (χ1n) is 11.2. The predicted octanol–water partition coefficient (Wildman–Crippen LogP) is 5.05. The van der Waals surface area contributed by atoms with Crippen LogP contribution in [0.4, 0.5) is 0 Å². The van der Waals surface area contributed by atoms with Gasteiger partial charge in [-0.05, 0) is 66.6 Å². The van der Waals surface area contributed by atoms with E-state index in [1.165, 1.54) is 42.6 Å². The summed E-state index contributed by atoms with van der Waals surface area (Å²) in [5.41, 5.74) is 3.83. The Hall–Kier alpha value is -2.33. The summed E-state index contributed by atoms with van der Waals surface area (Å²) in [5, 5.41) is 3.09. The van der Waals surface area contributed by atoms with Crippen LogP contribution in [0.5, 0.6) is 5.75 Å². The second kappa shape index (κ2) is 10.1. The van der Waals surface area contributed by atoms with Gasteiger partial charge in [0.15, 0.2) is 6.10 Å². The van der Waals surface area contributed by atoms with E-state index in [4.69, 9.17) is 4.74 Å². The molecule has 1 fully saturated rings. The number of hydrogen-bond acceptors (Lipinski definition) is 3. The van der Waals surface area contributed by atoms with Crippen LogP contribution >= 0.6 is 0 Å². The number of rotatable bonds is 8. The van der Waals surface area contributed by atoms with Gasteiger partial charge in [-0.2, -0.15) is 0 Å². The van der Waals surface area contributed by atoms with Gasteiger partial charge in [-0.25, -0.2) is 0 Å². The molecule has 2 aromatic rings. The smallest absolute Gasteiger partial charge is 0.261 e. The first-order valence-corrected chi connectivity index (χ1v) is 11.2. The number of benzene rings is 2. The maximum atomic E-state index is 12.8. The van der Waals surface area contributed by atoms with Crippen LogP contribution in [0.2, 0.25) is 0 Å². The molecule has 4 heteroatoms. The Labute approximate surface area is 181 Å². The Bertz CT molecular complexity index is 818. The summed E-state index contributed by atoms with van der Waals surface area (Å²) in [6.07, 6.45) is 2.70. The molecule has 4 nitrogen and oxygen atoms in total. The van der Waals surface area contributed by atoms with Gasteiger partial charge in [0.25, 0.3) is 5.91 Å². The largest absolute Gasteiger partial charge is 0.481 e. The summed E-state index contributed by atoms with van der Waals surface area (Å²) in [5.74, 6) is 0.674. The van der Waals surface area contributed by atoms with E-state index in [1.807, 2.05) is 25.1 Å². The molecular formula is C26H36N2O2. The molecule has 1 heterocycles. The summed E-state index contributed by atoms with van der Waals surface area (Å²) in [7, 11) is 0. The molecule has 0 aliphatic carbocycles. The highest BCUT2D eigenvalue weighted by Gasteiger charge is 2.20. The zero-order valence-corrected chi connectivity index (χ0v) is 18.9. The van der Waals surface area contributed by atoms with E-state index in [-0.39, 0.29) is 11.3 Å². The Morgan fingerprint density at radius 1 is 1.03 bits per heavy atom. The number of nitrogens with one attached hydrogen (secondary N) is 1. The van der Waals surface area contributed by atoms with E-state index in [2.05, 4.69) is 61.3 Å². The number of carbonyl (C=O) groups excluding carboxylic acids is 1. The lowest BCUT2D eigenvalue weighted by molar-refractivity contribution is -0.128. The minimum atomic E-state index is -0.490. The van der Waals surface area contributed by atoms with Crippen LogP contribution < -0.4 is 10.1 Å². The zero-order chi connectivity index (χ0) is 21.6. The molecule has 1 N–H and O–H groups in total. The van der Waals surface area contributed by atoms with Crippen molar-refractivity contribution in [3.05, 3.63) is 65.2 Å². The molecule has 1 atom stereocenters. The lowest BCUT2D eigenvalue weighted by Gasteiger charge is -2.21. The third-order valence-corrected chi connectivity index (χ3v) is 5.83. The monoisotopic (exact) mass is 408 g/mol. The molecule has 0 saturated carbocycles. The van der Waals surface area contributed by atoms with Gasteiger partial charge in [0, 0.05) is 13.1 Å². The average Bonchev–Trinajstić information content (AvgIpc) is 3.24. The molecule has 0 aromatic heterocycles. The van der Waals surface area contributed by atoms with Crippen molar-refractivity contribution in [1.29, 1.82) is 0 Å². The molecule has 30 heavy (non-hydrogen) atoms. The molecule has 3 rings (SSSR count). The lowest BCUT2D eigenvalue weighted by atomic mass is 9.87. The van der Waals surface area contributed by atoms with Crippen LogP contribution in [0.25, 0.3) is 0 Å². The van der Waals surface area contributed by atoms with Crippen molar-refractivity contribution in [2.24, 2.45) is 0 Å². The van der Waals surface area contributed by atoms with Gasteiger partial charge in [-0.15, -0.1) is 0 Å². The summed E-state index contributed by atoms with van der Waals surface area (Å²) >= 11 is 0. The number of amides is 1. The topological polar surface area (TPSA) is 41.6 Å². The van der Waals surface area contributed by atoms with Crippen LogP contribution in [0.1, 0.15) is 63.6 Å². The third kappa shape index (κ3) is 6.09. The van der Waals surface area contributed by atoms with E-state index < -0.39 is 6.10 Å². The van der Waals surface area contributed by atoms with Gasteiger partial charge in [0.05, 0.1) is 0 Å². The van der Waals surface area contributed by atoms with E-state index in [9.17, 15) is 4.79 Å². The zero-order valence-electron chi connectivity index (χ0n) is 18.9.